The van der Waals surface area contributed by atoms with Crippen molar-refractivity contribution in [3.8, 4) is 6.07 Å². The number of nitrogens with one attached hydrogen (secondary N) is 1. The lowest BCUT2D eigenvalue weighted by Gasteiger charge is -2.29. The van der Waals surface area contributed by atoms with Crippen LogP contribution in [0.5, 0.6) is 0 Å². The molecule has 1 aliphatic carbocycles. The van der Waals surface area contributed by atoms with E-state index in [-0.39, 0.29) is 22.3 Å². The van der Waals surface area contributed by atoms with Crippen LogP contribution in [0.25, 0.3) is 6.08 Å². The molecule has 7 heteroatoms. The summed E-state index contributed by atoms with van der Waals surface area (Å²) in [5.74, 6) is -0.0758. The van der Waals surface area contributed by atoms with E-state index in [2.05, 4.69) is 12.2 Å². The number of hydrogen-bond donors (Lipinski definition) is 1. The molecule has 1 aliphatic rings. The monoisotopic (exact) mass is 347 g/mol. The van der Waals surface area contributed by atoms with E-state index in [0.717, 1.165) is 25.7 Å². The zero-order valence-corrected chi connectivity index (χ0v) is 14.0. The standard InChI is InChI=1S/C17H18ClN3O3/c1-11-4-2-3-5-15(11)20-17(22)13(10-19)8-12-6-7-14(18)16(9-12)21(23)24/h6-9,11,15H,2-5H2,1H3,(H,20,22)/b13-8+/t11-,15+/m1/s1. The lowest BCUT2D eigenvalue weighted by Crippen LogP contribution is -2.41. The van der Waals surface area contributed by atoms with Crippen LogP contribution in [0, 0.1) is 27.4 Å². The number of nitro groups is 1. The second kappa shape index (κ2) is 7.93. The predicted octanol–water partition coefficient (Wildman–Crippen LogP) is 3.85. The molecule has 0 heterocycles. The van der Waals surface area contributed by atoms with Gasteiger partial charge in [-0.05, 0) is 36.5 Å². The number of carbonyl (C=O) groups is 1. The Morgan fingerprint density at radius 1 is 1.46 bits per heavy atom. The first-order valence-electron chi connectivity index (χ1n) is 7.79. The van der Waals surface area contributed by atoms with Gasteiger partial charge in [0.05, 0.1) is 4.92 Å². The Morgan fingerprint density at radius 3 is 2.79 bits per heavy atom. The van der Waals surface area contributed by atoms with Crippen LogP contribution >= 0.6 is 11.6 Å². The number of nitro benzene ring substituents is 1. The molecule has 0 saturated heterocycles. The third kappa shape index (κ3) is 4.33. The van der Waals surface area contributed by atoms with Crippen molar-refractivity contribution in [1.82, 2.24) is 5.32 Å². The summed E-state index contributed by atoms with van der Waals surface area (Å²) in [7, 11) is 0. The van der Waals surface area contributed by atoms with E-state index in [1.54, 1.807) is 0 Å². The van der Waals surface area contributed by atoms with E-state index >= 15 is 0 Å². The van der Waals surface area contributed by atoms with Crippen molar-refractivity contribution in [1.29, 1.82) is 5.26 Å². The van der Waals surface area contributed by atoms with Gasteiger partial charge in [-0.3, -0.25) is 14.9 Å². The summed E-state index contributed by atoms with van der Waals surface area (Å²) >= 11 is 5.76. The molecule has 1 saturated carbocycles. The van der Waals surface area contributed by atoms with Crippen LogP contribution in [0.1, 0.15) is 38.2 Å². The molecule has 0 bridgehead atoms. The summed E-state index contributed by atoms with van der Waals surface area (Å²) < 4.78 is 0. The van der Waals surface area contributed by atoms with Gasteiger partial charge in [-0.1, -0.05) is 37.4 Å². The molecule has 1 aromatic rings. The molecule has 0 aliphatic heterocycles. The number of hydrogen-bond acceptors (Lipinski definition) is 4. The first kappa shape index (κ1) is 18.0. The van der Waals surface area contributed by atoms with E-state index in [4.69, 9.17) is 11.6 Å². The molecule has 6 nitrogen and oxygen atoms in total. The van der Waals surface area contributed by atoms with Crippen LogP contribution in [-0.4, -0.2) is 16.9 Å². The van der Waals surface area contributed by atoms with Gasteiger partial charge in [-0.15, -0.1) is 0 Å². The number of nitrogens with zero attached hydrogens (tertiary/aromatic N) is 2. The Labute approximate surface area is 145 Å². The number of nitriles is 1. The molecule has 1 amide bonds. The Kier molecular flexibility index (Phi) is 5.93. The second-order valence-corrected chi connectivity index (χ2v) is 6.39. The summed E-state index contributed by atoms with van der Waals surface area (Å²) in [4.78, 5) is 22.6. The maximum Gasteiger partial charge on any atom is 0.288 e. The minimum Gasteiger partial charge on any atom is -0.348 e. The van der Waals surface area contributed by atoms with E-state index in [0.29, 0.717) is 11.5 Å². The molecule has 2 atom stereocenters. The van der Waals surface area contributed by atoms with Crippen LogP contribution in [-0.2, 0) is 4.79 Å². The van der Waals surface area contributed by atoms with Crippen LogP contribution in [0.2, 0.25) is 5.02 Å². The highest BCUT2D eigenvalue weighted by Crippen LogP contribution is 2.26. The molecule has 1 aromatic carbocycles. The van der Waals surface area contributed by atoms with Crippen molar-refractivity contribution in [2.75, 3.05) is 0 Å². The van der Waals surface area contributed by atoms with Crippen molar-refractivity contribution in [3.63, 3.8) is 0 Å². The molecule has 0 radical (unpaired) electrons. The van der Waals surface area contributed by atoms with Gasteiger partial charge in [0.2, 0.25) is 0 Å². The Hall–Kier alpha value is -2.39. The SMILES string of the molecule is C[C@@H]1CCCC[C@@H]1NC(=O)/C(C#N)=C/c1ccc(Cl)c([N+](=O)[O-])c1. The summed E-state index contributed by atoms with van der Waals surface area (Å²) in [6.45, 7) is 2.09. The van der Waals surface area contributed by atoms with Crippen molar-refractivity contribution in [3.05, 3.63) is 44.5 Å². The Morgan fingerprint density at radius 2 is 2.17 bits per heavy atom. The number of amides is 1. The molecule has 24 heavy (non-hydrogen) atoms. The molecular formula is C17H18ClN3O3. The summed E-state index contributed by atoms with van der Waals surface area (Å²) in [6, 6.07) is 6.08. The topological polar surface area (TPSA) is 96.0 Å². The minimum atomic E-state index is -0.602. The van der Waals surface area contributed by atoms with Crippen molar-refractivity contribution in [2.45, 2.75) is 38.6 Å². The zero-order valence-electron chi connectivity index (χ0n) is 13.3. The second-order valence-electron chi connectivity index (χ2n) is 5.98. The van der Waals surface area contributed by atoms with Crippen molar-refractivity contribution in [2.24, 2.45) is 5.92 Å². The lowest BCUT2D eigenvalue weighted by atomic mass is 9.86. The maximum absolute atomic E-state index is 12.3. The number of halogens is 1. The van der Waals surface area contributed by atoms with Gasteiger partial charge < -0.3 is 5.32 Å². The van der Waals surface area contributed by atoms with Gasteiger partial charge in [0.1, 0.15) is 16.7 Å². The van der Waals surface area contributed by atoms with Crippen molar-refractivity contribution >= 4 is 29.3 Å². The minimum absolute atomic E-state index is 0.0103. The summed E-state index contributed by atoms with van der Waals surface area (Å²) in [5, 5.41) is 23.1. The van der Waals surface area contributed by atoms with E-state index < -0.39 is 10.8 Å². The molecule has 126 valence electrons. The van der Waals surface area contributed by atoms with Gasteiger partial charge in [0.25, 0.3) is 11.6 Å². The first-order chi connectivity index (χ1) is 11.4. The third-order valence-corrected chi connectivity index (χ3v) is 4.59. The number of benzene rings is 1. The smallest absolute Gasteiger partial charge is 0.288 e. The van der Waals surface area contributed by atoms with Gasteiger partial charge >= 0.3 is 0 Å². The normalized spacial score (nSPS) is 21.0. The largest absolute Gasteiger partial charge is 0.348 e. The van der Waals surface area contributed by atoms with Crippen LogP contribution in [0.3, 0.4) is 0 Å². The van der Waals surface area contributed by atoms with Gasteiger partial charge in [0.15, 0.2) is 0 Å². The average molecular weight is 348 g/mol. The molecule has 2 rings (SSSR count). The van der Waals surface area contributed by atoms with E-state index in [1.165, 1.54) is 24.3 Å². The summed E-state index contributed by atoms with van der Waals surface area (Å²) in [5.41, 5.74) is 0.0444. The number of rotatable bonds is 4. The van der Waals surface area contributed by atoms with Crippen LogP contribution < -0.4 is 5.32 Å². The fourth-order valence-electron chi connectivity index (χ4n) is 2.85. The molecule has 0 aromatic heterocycles. The zero-order chi connectivity index (χ0) is 17.7. The quantitative estimate of drug-likeness (QED) is 0.387. The van der Waals surface area contributed by atoms with Crippen molar-refractivity contribution < 1.29 is 9.72 Å². The van der Waals surface area contributed by atoms with Gasteiger partial charge in [-0.2, -0.15) is 5.26 Å². The van der Waals surface area contributed by atoms with Crippen LogP contribution in [0.4, 0.5) is 5.69 Å². The maximum atomic E-state index is 12.3. The average Bonchev–Trinajstić information content (AvgIpc) is 2.55. The molecule has 1 fully saturated rings. The lowest BCUT2D eigenvalue weighted by molar-refractivity contribution is -0.384. The number of carbonyl (C=O) groups excluding carboxylic acids is 1. The highest BCUT2D eigenvalue weighted by Gasteiger charge is 2.24. The molecular weight excluding hydrogens is 330 g/mol. The van der Waals surface area contributed by atoms with E-state index in [9.17, 15) is 20.2 Å². The molecule has 0 spiro atoms. The fourth-order valence-corrected chi connectivity index (χ4v) is 3.04. The van der Waals surface area contributed by atoms with Gasteiger partial charge in [0, 0.05) is 12.1 Å². The predicted molar refractivity (Wildman–Crippen MR) is 91.3 cm³/mol. The molecule has 1 N–H and O–H groups in total. The fraction of sp³-hybridized carbons (Fsp3) is 0.412. The first-order valence-corrected chi connectivity index (χ1v) is 8.16. The highest BCUT2D eigenvalue weighted by atomic mass is 35.5. The third-order valence-electron chi connectivity index (χ3n) is 4.27. The Balaban J connectivity index is 2.19. The van der Waals surface area contributed by atoms with Crippen LogP contribution in [0.15, 0.2) is 23.8 Å². The highest BCUT2D eigenvalue weighted by molar-refractivity contribution is 6.32. The molecule has 0 unspecified atom stereocenters. The van der Waals surface area contributed by atoms with Gasteiger partial charge in [-0.25, -0.2) is 0 Å². The Bertz CT molecular complexity index is 724. The summed E-state index contributed by atoms with van der Waals surface area (Å²) in [6.07, 6.45) is 5.51. The van der Waals surface area contributed by atoms with E-state index in [1.807, 2.05) is 6.07 Å².